The summed E-state index contributed by atoms with van der Waals surface area (Å²) in [6.45, 7) is 2.01. The molecule has 5 rings (SSSR count). The number of fused-ring (bicyclic) bond motifs is 1. The fraction of sp³-hybridized carbons (Fsp3) is 0.333. The summed E-state index contributed by atoms with van der Waals surface area (Å²) in [4.78, 5) is 6.68. The predicted molar refractivity (Wildman–Crippen MR) is 115 cm³/mol. The average molecular weight is 404 g/mol. The second-order valence-electron chi connectivity index (χ2n) is 8.04. The highest BCUT2D eigenvalue weighted by molar-refractivity contribution is 5.90. The Labute approximate surface area is 175 Å². The number of aromatic nitrogens is 3. The first-order valence-electron chi connectivity index (χ1n) is 10.4. The van der Waals surface area contributed by atoms with E-state index in [9.17, 15) is 4.39 Å². The first-order valence-corrected chi connectivity index (χ1v) is 10.4. The molecule has 1 fully saturated rings. The lowest BCUT2D eigenvalue weighted by Crippen LogP contribution is -2.33. The second kappa shape index (κ2) is 7.78. The molecule has 0 N–H and O–H groups in total. The van der Waals surface area contributed by atoms with E-state index in [-0.39, 0.29) is 5.82 Å². The van der Waals surface area contributed by atoms with Crippen molar-refractivity contribution in [1.82, 2.24) is 19.7 Å². The van der Waals surface area contributed by atoms with Gasteiger partial charge in [0.25, 0.3) is 0 Å². The van der Waals surface area contributed by atoms with Crippen LogP contribution in [0, 0.1) is 5.82 Å². The molecule has 0 saturated carbocycles. The fourth-order valence-electron chi connectivity index (χ4n) is 4.76. The van der Waals surface area contributed by atoms with E-state index < -0.39 is 0 Å². The minimum absolute atomic E-state index is 0.246. The highest BCUT2D eigenvalue weighted by Crippen LogP contribution is 2.40. The van der Waals surface area contributed by atoms with Gasteiger partial charge in [0, 0.05) is 56.8 Å². The monoisotopic (exact) mass is 404 g/mol. The SMILES string of the molecule is COC1CC2C=C(c3c(-c4ccncc4)c(-c4ccc(F)cc4)nn3C)CCN2C1. The Balaban J connectivity index is 1.65. The molecule has 0 aliphatic carbocycles. The summed E-state index contributed by atoms with van der Waals surface area (Å²) in [5.74, 6) is -0.246. The predicted octanol–water partition coefficient (Wildman–Crippen LogP) is 4.16. The molecule has 1 aromatic carbocycles. The van der Waals surface area contributed by atoms with Gasteiger partial charge in [0.15, 0.2) is 0 Å². The highest BCUT2D eigenvalue weighted by atomic mass is 19.1. The van der Waals surface area contributed by atoms with Crippen molar-refractivity contribution in [3.63, 3.8) is 0 Å². The summed E-state index contributed by atoms with van der Waals surface area (Å²) in [5.41, 5.74) is 6.35. The number of hydrogen-bond acceptors (Lipinski definition) is 4. The van der Waals surface area contributed by atoms with Crippen molar-refractivity contribution >= 4 is 5.57 Å². The van der Waals surface area contributed by atoms with Gasteiger partial charge in [-0.25, -0.2) is 4.39 Å². The van der Waals surface area contributed by atoms with Gasteiger partial charge >= 0.3 is 0 Å². The molecule has 5 nitrogen and oxygen atoms in total. The molecular formula is C24H25FN4O. The molecule has 2 unspecified atom stereocenters. The van der Waals surface area contributed by atoms with Gasteiger partial charge < -0.3 is 4.74 Å². The molecule has 30 heavy (non-hydrogen) atoms. The largest absolute Gasteiger partial charge is 0.380 e. The number of halogens is 1. The van der Waals surface area contributed by atoms with Gasteiger partial charge in [-0.15, -0.1) is 0 Å². The molecule has 0 spiro atoms. The van der Waals surface area contributed by atoms with Crippen LogP contribution in [-0.2, 0) is 11.8 Å². The van der Waals surface area contributed by atoms with Crippen LogP contribution < -0.4 is 0 Å². The molecule has 2 aliphatic heterocycles. The summed E-state index contributed by atoms with van der Waals surface area (Å²) in [6.07, 6.45) is 8.28. The molecule has 154 valence electrons. The summed E-state index contributed by atoms with van der Waals surface area (Å²) in [5, 5.41) is 4.87. The Morgan fingerprint density at radius 2 is 1.83 bits per heavy atom. The number of methoxy groups -OCH3 is 1. The molecule has 0 bridgehead atoms. The number of benzene rings is 1. The van der Waals surface area contributed by atoms with Crippen LogP contribution in [-0.4, -0.2) is 52.0 Å². The highest BCUT2D eigenvalue weighted by Gasteiger charge is 2.34. The Kier molecular flexibility index (Phi) is 4.97. The van der Waals surface area contributed by atoms with Crippen LogP contribution in [0.5, 0.6) is 0 Å². The van der Waals surface area contributed by atoms with Crippen LogP contribution in [0.2, 0.25) is 0 Å². The van der Waals surface area contributed by atoms with Crippen LogP contribution in [0.15, 0.2) is 54.9 Å². The maximum atomic E-state index is 13.5. The van der Waals surface area contributed by atoms with Crippen LogP contribution in [0.3, 0.4) is 0 Å². The minimum atomic E-state index is -0.246. The normalized spacial score (nSPS) is 21.5. The summed E-state index contributed by atoms with van der Waals surface area (Å²) in [6, 6.07) is 11.0. The van der Waals surface area contributed by atoms with Gasteiger partial charge in [0.2, 0.25) is 0 Å². The van der Waals surface area contributed by atoms with Gasteiger partial charge in [0.1, 0.15) is 11.5 Å². The molecule has 0 amide bonds. The molecule has 2 aliphatic rings. The lowest BCUT2D eigenvalue weighted by molar-refractivity contribution is 0.108. The standard InChI is InChI=1S/C24H25FN4O/c1-28-24(18-9-12-29-15-21(30-2)14-20(29)13-18)22(16-7-10-26-11-8-16)23(27-28)17-3-5-19(25)6-4-17/h3-8,10-11,13,20-21H,9,12,14-15H2,1-2H3. The molecule has 2 atom stereocenters. The molecule has 0 radical (unpaired) electrons. The van der Waals surface area contributed by atoms with Crippen molar-refractivity contribution in [3.05, 3.63) is 66.4 Å². The van der Waals surface area contributed by atoms with Crippen LogP contribution in [0.4, 0.5) is 4.39 Å². The number of aryl methyl sites for hydroxylation is 1. The number of nitrogens with zero attached hydrogens (tertiary/aromatic N) is 4. The zero-order valence-corrected chi connectivity index (χ0v) is 17.3. The van der Waals surface area contributed by atoms with Crippen LogP contribution >= 0.6 is 0 Å². The number of rotatable bonds is 4. The van der Waals surface area contributed by atoms with Crippen molar-refractivity contribution in [2.45, 2.75) is 25.0 Å². The zero-order chi connectivity index (χ0) is 20.7. The average Bonchev–Trinajstić information content (AvgIpc) is 3.34. The lowest BCUT2D eigenvalue weighted by Gasteiger charge is -2.28. The molecule has 1 saturated heterocycles. The molecule has 6 heteroatoms. The number of ether oxygens (including phenoxy) is 1. The lowest BCUT2D eigenvalue weighted by atomic mass is 9.92. The summed E-state index contributed by atoms with van der Waals surface area (Å²) in [7, 11) is 3.79. The van der Waals surface area contributed by atoms with E-state index in [1.807, 2.05) is 23.9 Å². The summed E-state index contributed by atoms with van der Waals surface area (Å²) < 4.78 is 21.1. The van der Waals surface area contributed by atoms with E-state index in [2.05, 4.69) is 16.0 Å². The van der Waals surface area contributed by atoms with Crippen molar-refractivity contribution in [2.24, 2.45) is 7.05 Å². The molecule has 2 aromatic heterocycles. The molecule has 3 aromatic rings. The van der Waals surface area contributed by atoms with E-state index in [4.69, 9.17) is 9.84 Å². The van der Waals surface area contributed by atoms with Gasteiger partial charge in [-0.1, -0.05) is 6.08 Å². The van der Waals surface area contributed by atoms with E-state index >= 15 is 0 Å². The van der Waals surface area contributed by atoms with Crippen molar-refractivity contribution in [1.29, 1.82) is 0 Å². The number of hydrogen-bond donors (Lipinski definition) is 0. The van der Waals surface area contributed by atoms with Gasteiger partial charge in [0.05, 0.1) is 11.8 Å². The zero-order valence-electron chi connectivity index (χ0n) is 17.3. The van der Waals surface area contributed by atoms with E-state index in [0.29, 0.717) is 12.1 Å². The quantitative estimate of drug-likeness (QED) is 0.655. The van der Waals surface area contributed by atoms with E-state index in [0.717, 1.165) is 54.0 Å². The Morgan fingerprint density at radius 3 is 2.57 bits per heavy atom. The second-order valence-corrected chi connectivity index (χ2v) is 8.04. The third kappa shape index (κ3) is 3.36. The van der Waals surface area contributed by atoms with Crippen molar-refractivity contribution < 1.29 is 9.13 Å². The Morgan fingerprint density at radius 1 is 1.07 bits per heavy atom. The maximum absolute atomic E-state index is 13.5. The Bertz CT molecular complexity index is 1070. The Hall–Kier alpha value is -2.83. The van der Waals surface area contributed by atoms with Gasteiger partial charge in [-0.2, -0.15) is 5.10 Å². The van der Waals surface area contributed by atoms with Gasteiger partial charge in [-0.3, -0.25) is 14.6 Å². The summed E-state index contributed by atoms with van der Waals surface area (Å²) >= 11 is 0. The topological polar surface area (TPSA) is 43.2 Å². The fourth-order valence-corrected chi connectivity index (χ4v) is 4.76. The van der Waals surface area contributed by atoms with Gasteiger partial charge in [-0.05, 0) is 60.4 Å². The third-order valence-electron chi connectivity index (χ3n) is 6.24. The maximum Gasteiger partial charge on any atom is 0.123 e. The van der Waals surface area contributed by atoms with E-state index in [1.54, 1.807) is 31.6 Å². The molecular weight excluding hydrogens is 379 g/mol. The first-order chi connectivity index (χ1) is 14.6. The van der Waals surface area contributed by atoms with Crippen molar-refractivity contribution in [2.75, 3.05) is 20.2 Å². The smallest absolute Gasteiger partial charge is 0.123 e. The van der Waals surface area contributed by atoms with Crippen LogP contribution in [0.1, 0.15) is 18.5 Å². The number of pyridine rings is 1. The van der Waals surface area contributed by atoms with E-state index in [1.165, 1.54) is 17.7 Å². The first kappa shape index (κ1) is 19.2. The molecule has 4 heterocycles. The minimum Gasteiger partial charge on any atom is -0.380 e. The van der Waals surface area contributed by atoms with Crippen molar-refractivity contribution in [3.8, 4) is 22.4 Å². The van der Waals surface area contributed by atoms with Crippen LogP contribution in [0.25, 0.3) is 28.0 Å². The third-order valence-corrected chi connectivity index (χ3v) is 6.24.